The highest BCUT2D eigenvalue weighted by atomic mass is 32.2. The molecule has 0 saturated carbocycles. The van der Waals surface area contributed by atoms with Crippen LogP contribution in [0.2, 0.25) is 0 Å². The fourth-order valence-electron chi connectivity index (χ4n) is 2.25. The Morgan fingerprint density at radius 1 is 1.24 bits per heavy atom. The quantitative estimate of drug-likeness (QED) is 0.810. The van der Waals surface area contributed by atoms with Gasteiger partial charge in [0.05, 0.1) is 0 Å². The van der Waals surface area contributed by atoms with Crippen LogP contribution in [0.1, 0.15) is 37.6 Å². The molecule has 0 aliphatic heterocycles. The van der Waals surface area contributed by atoms with Gasteiger partial charge >= 0.3 is 0 Å². The van der Waals surface area contributed by atoms with Gasteiger partial charge in [0.2, 0.25) is 0 Å². The van der Waals surface area contributed by atoms with Gasteiger partial charge in [-0.15, -0.1) is 11.8 Å². The standard InChI is InChI=1S/C17H23N3S/c1-5-10-18-12(2)16-11-19-17(20-13(16)3)14-6-8-15(21-4)9-7-14/h6-9,11-12,18H,5,10H2,1-4H3. The van der Waals surface area contributed by atoms with Gasteiger partial charge in [-0.05, 0) is 45.2 Å². The molecular weight excluding hydrogens is 278 g/mol. The maximum Gasteiger partial charge on any atom is 0.159 e. The molecule has 0 aliphatic carbocycles. The molecule has 2 rings (SSSR count). The Hall–Kier alpha value is -1.39. The summed E-state index contributed by atoms with van der Waals surface area (Å²) in [7, 11) is 0. The summed E-state index contributed by atoms with van der Waals surface area (Å²) in [4.78, 5) is 10.5. The number of rotatable bonds is 6. The summed E-state index contributed by atoms with van der Waals surface area (Å²) >= 11 is 1.74. The summed E-state index contributed by atoms with van der Waals surface area (Å²) < 4.78 is 0. The predicted molar refractivity (Wildman–Crippen MR) is 90.7 cm³/mol. The van der Waals surface area contributed by atoms with E-state index < -0.39 is 0 Å². The highest BCUT2D eigenvalue weighted by molar-refractivity contribution is 7.98. The number of benzene rings is 1. The summed E-state index contributed by atoms with van der Waals surface area (Å²) in [5, 5.41) is 3.48. The molecule has 0 amide bonds. The Kier molecular flexibility index (Phi) is 5.76. The minimum Gasteiger partial charge on any atom is -0.310 e. The lowest BCUT2D eigenvalue weighted by molar-refractivity contribution is 0.564. The molecule has 0 saturated heterocycles. The Balaban J connectivity index is 2.21. The highest BCUT2D eigenvalue weighted by Crippen LogP contribution is 2.22. The Morgan fingerprint density at radius 3 is 2.52 bits per heavy atom. The van der Waals surface area contributed by atoms with Crippen LogP contribution < -0.4 is 5.32 Å². The van der Waals surface area contributed by atoms with Gasteiger partial charge < -0.3 is 5.32 Å². The first kappa shape index (κ1) is 16.0. The van der Waals surface area contributed by atoms with Crippen LogP contribution in [0, 0.1) is 6.92 Å². The zero-order valence-electron chi connectivity index (χ0n) is 13.2. The molecule has 1 heterocycles. The van der Waals surface area contributed by atoms with Crippen LogP contribution in [-0.2, 0) is 0 Å². The lowest BCUT2D eigenvalue weighted by Crippen LogP contribution is -2.20. The van der Waals surface area contributed by atoms with E-state index in [2.05, 4.69) is 66.6 Å². The fraction of sp³-hybridized carbons (Fsp3) is 0.412. The van der Waals surface area contributed by atoms with Crippen molar-refractivity contribution < 1.29 is 0 Å². The third-order valence-corrected chi connectivity index (χ3v) is 4.28. The van der Waals surface area contributed by atoms with Gasteiger partial charge in [-0.1, -0.05) is 19.1 Å². The third kappa shape index (κ3) is 4.05. The molecule has 1 aromatic carbocycles. The molecule has 1 aromatic heterocycles. The molecule has 0 fully saturated rings. The van der Waals surface area contributed by atoms with E-state index in [-0.39, 0.29) is 6.04 Å². The van der Waals surface area contributed by atoms with Crippen molar-refractivity contribution in [3.63, 3.8) is 0 Å². The molecule has 1 unspecified atom stereocenters. The van der Waals surface area contributed by atoms with Crippen LogP contribution in [0.5, 0.6) is 0 Å². The van der Waals surface area contributed by atoms with Crippen molar-refractivity contribution in [2.24, 2.45) is 0 Å². The Bertz CT molecular complexity index is 581. The molecule has 2 aromatic rings. The molecule has 1 atom stereocenters. The molecule has 1 N–H and O–H groups in total. The monoisotopic (exact) mass is 301 g/mol. The first-order chi connectivity index (χ1) is 10.2. The van der Waals surface area contributed by atoms with Crippen LogP contribution in [0.3, 0.4) is 0 Å². The largest absolute Gasteiger partial charge is 0.310 e. The molecule has 3 nitrogen and oxygen atoms in total. The summed E-state index contributed by atoms with van der Waals surface area (Å²) in [5.74, 6) is 0.798. The van der Waals surface area contributed by atoms with Gasteiger partial charge in [-0.25, -0.2) is 9.97 Å². The number of aryl methyl sites for hydroxylation is 1. The molecule has 4 heteroatoms. The first-order valence-electron chi connectivity index (χ1n) is 7.37. The zero-order valence-corrected chi connectivity index (χ0v) is 14.0. The van der Waals surface area contributed by atoms with Crippen molar-refractivity contribution >= 4 is 11.8 Å². The second-order valence-electron chi connectivity index (χ2n) is 5.14. The van der Waals surface area contributed by atoms with E-state index in [1.54, 1.807) is 11.8 Å². The van der Waals surface area contributed by atoms with Gasteiger partial charge in [0.15, 0.2) is 5.82 Å². The van der Waals surface area contributed by atoms with E-state index in [1.165, 1.54) is 10.5 Å². The maximum atomic E-state index is 4.67. The normalized spacial score (nSPS) is 12.4. The van der Waals surface area contributed by atoms with Crippen LogP contribution in [0.15, 0.2) is 35.4 Å². The molecule has 0 bridgehead atoms. The third-order valence-electron chi connectivity index (χ3n) is 3.53. The average molecular weight is 301 g/mol. The Morgan fingerprint density at radius 2 is 1.95 bits per heavy atom. The van der Waals surface area contributed by atoms with Crippen LogP contribution in [0.25, 0.3) is 11.4 Å². The van der Waals surface area contributed by atoms with Crippen LogP contribution >= 0.6 is 11.8 Å². The van der Waals surface area contributed by atoms with Gasteiger partial charge in [-0.3, -0.25) is 0 Å². The minimum absolute atomic E-state index is 0.290. The van der Waals surface area contributed by atoms with Gasteiger partial charge in [0, 0.05) is 34.0 Å². The molecule has 21 heavy (non-hydrogen) atoms. The van der Waals surface area contributed by atoms with Gasteiger partial charge in [0.1, 0.15) is 0 Å². The number of aromatic nitrogens is 2. The molecule has 0 spiro atoms. The molecule has 0 aliphatic rings. The summed E-state index contributed by atoms with van der Waals surface area (Å²) in [6.07, 6.45) is 5.16. The van der Waals surface area contributed by atoms with Gasteiger partial charge in [-0.2, -0.15) is 0 Å². The molecule has 112 valence electrons. The van der Waals surface area contributed by atoms with Crippen molar-refractivity contribution in [2.75, 3.05) is 12.8 Å². The van der Waals surface area contributed by atoms with Crippen molar-refractivity contribution in [1.29, 1.82) is 0 Å². The van der Waals surface area contributed by atoms with E-state index in [4.69, 9.17) is 0 Å². The van der Waals surface area contributed by atoms with Crippen molar-refractivity contribution in [3.8, 4) is 11.4 Å². The summed E-state index contributed by atoms with van der Waals surface area (Å²) in [5.41, 5.74) is 3.29. The van der Waals surface area contributed by atoms with Crippen molar-refractivity contribution in [1.82, 2.24) is 15.3 Å². The van der Waals surface area contributed by atoms with Crippen LogP contribution in [-0.4, -0.2) is 22.8 Å². The smallest absolute Gasteiger partial charge is 0.159 e. The molecule has 0 radical (unpaired) electrons. The average Bonchev–Trinajstić information content (AvgIpc) is 2.52. The first-order valence-corrected chi connectivity index (χ1v) is 8.59. The number of nitrogens with one attached hydrogen (secondary N) is 1. The summed E-state index contributed by atoms with van der Waals surface area (Å²) in [6.45, 7) is 7.40. The van der Waals surface area contributed by atoms with E-state index >= 15 is 0 Å². The number of thioether (sulfide) groups is 1. The topological polar surface area (TPSA) is 37.8 Å². The second kappa shape index (κ2) is 7.57. The number of hydrogen-bond donors (Lipinski definition) is 1. The van der Waals surface area contributed by atoms with Crippen molar-refractivity contribution in [3.05, 3.63) is 41.7 Å². The lowest BCUT2D eigenvalue weighted by Gasteiger charge is -2.15. The van der Waals surface area contributed by atoms with E-state index in [0.717, 1.165) is 30.0 Å². The highest BCUT2D eigenvalue weighted by Gasteiger charge is 2.11. The number of hydrogen-bond acceptors (Lipinski definition) is 4. The van der Waals surface area contributed by atoms with E-state index in [1.807, 2.05) is 6.20 Å². The summed E-state index contributed by atoms with van der Waals surface area (Å²) in [6, 6.07) is 8.67. The lowest BCUT2D eigenvalue weighted by atomic mass is 10.1. The zero-order chi connectivity index (χ0) is 15.2. The van der Waals surface area contributed by atoms with Crippen molar-refractivity contribution in [2.45, 2.75) is 38.1 Å². The second-order valence-corrected chi connectivity index (χ2v) is 6.02. The maximum absolute atomic E-state index is 4.67. The van der Waals surface area contributed by atoms with E-state index in [9.17, 15) is 0 Å². The minimum atomic E-state index is 0.290. The predicted octanol–water partition coefficient (Wildman–Crippen LogP) is 4.23. The van der Waals surface area contributed by atoms with E-state index in [0.29, 0.717) is 0 Å². The Labute approximate surface area is 131 Å². The van der Waals surface area contributed by atoms with Crippen LogP contribution in [0.4, 0.5) is 0 Å². The van der Waals surface area contributed by atoms with Gasteiger partial charge in [0.25, 0.3) is 0 Å². The SMILES string of the molecule is CCCNC(C)c1cnc(-c2ccc(SC)cc2)nc1C. The number of nitrogens with zero attached hydrogens (tertiary/aromatic N) is 2. The molecular formula is C17H23N3S. The fourth-order valence-corrected chi connectivity index (χ4v) is 2.66.